The van der Waals surface area contributed by atoms with Crippen molar-refractivity contribution in [2.45, 2.75) is 25.8 Å². The number of fused-ring (bicyclic) bond motifs is 1. The first-order valence-corrected chi connectivity index (χ1v) is 6.04. The smallest absolute Gasteiger partial charge is 0.349 e. The maximum absolute atomic E-state index is 12.1. The fraction of sp³-hybridized carbons (Fsp3) is 0.385. The molecule has 0 bridgehead atoms. The summed E-state index contributed by atoms with van der Waals surface area (Å²) in [6, 6.07) is 4.52. The molecular weight excluding hydrogens is 250 g/mol. The molecule has 0 spiro atoms. The van der Waals surface area contributed by atoms with Crippen LogP contribution in [-0.4, -0.2) is 29.2 Å². The largest absolute Gasteiger partial charge is 0.506 e. The molecule has 0 fully saturated rings. The second-order valence-electron chi connectivity index (χ2n) is 4.14. The number of phenols is 1. The molecule has 1 heterocycles. The van der Waals surface area contributed by atoms with Crippen LogP contribution in [0.25, 0.3) is 0 Å². The van der Waals surface area contributed by atoms with E-state index >= 15 is 0 Å². The molecule has 6 nitrogen and oxygen atoms in total. The average molecular weight is 265 g/mol. The van der Waals surface area contributed by atoms with Crippen LogP contribution in [0.5, 0.6) is 11.5 Å². The minimum absolute atomic E-state index is 0.0906. The second-order valence-corrected chi connectivity index (χ2v) is 4.14. The number of phenolic OH excluding ortho intramolecular Hbond substituents is 1. The van der Waals surface area contributed by atoms with Crippen molar-refractivity contribution in [2.75, 3.05) is 11.9 Å². The lowest BCUT2D eigenvalue weighted by Crippen LogP contribution is -2.57. The number of esters is 2. The zero-order valence-electron chi connectivity index (χ0n) is 10.7. The standard InChI is InChI=1S/C13H15NO5/c1-3-13(11(16)18-4-2)12(17)19-9-7-5-6-8(15)10(9)14-13/h5-7,14-15H,3-4H2,1-2H3. The topological polar surface area (TPSA) is 84.9 Å². The number of nitrogens with one attached hydrogen (secondary N) is 1. The third-order valence-electron chi connectivity index (χ3n) is 3.05. The Hall–Kier alpha value is -2.24. The van der Waals surface area contributed by atoms with Crippen LogP contribution in [0.3, 0.4) is 0 Å². The Labute approximate surface area is 110 Å². The molecule has 19 heavy (non-hydrogen) atoms. The summed E-state index contributed by atoms with van der Waals surface area (Å²) in [6.45, 7) is 3.47. The Bertz CT molecular complexity index is 528. The van der Waals surface area contributed by atoms with Gasteiger partial charge < -0.3 is 19.9 Å². The quantitative estimate of drug-likeness (QED) is 0.372. The molecule has 0 saturated heterocycles. The van der Waals surface area contributed by atoms with Gasteiger partial charge in [-0.1, -0.05) is 13.0 Å². The Morgan fingerprint density at radius 3 is 2.84 bits per heavy atom. The Kier molecular flexibility index (Phi) is 3.33. The monoisotopic (exact) mass is 265 g/mol. The minimum Gasteiger partial charge on any atom is -0.506 e. The first-order chi connectivity index (χ1) is 9.05. The van der Waals surface area contributed by atoms with Crippen molar-refractivity contribution >= 4 is 17.6 Å². The van der Waals surface area contributed by atoms with Crippen molar-refractivity contribution in [3.8, 4) is 11.5 Å². The van der Waals surface area contributed by atoms with Crippen LogP contribution in [0.4, 0.5) is 5.69 Å². The number of benzene rings is 1. The number of hydrogen-bond donors (Lipinski definition) is 2. The lowest BCUT2D eigenvalue weighted by Gasteiger charge is -2.34. The first kappa shape index (κ1) is 13.2. The van der Waals surface area contributed by atoms with E-state index in [1.807, 2.05) is 0 Å². The third kappa shape index (κ3) is 1.99. The van der Waals surface area contributed by atoms with Crippen LogP contribution in [-0.2, 0) is 14.3 Å². The highest BCUT2D eigenvalue weighted by Crippen LogP contribution is 2.41. The van der Waals surface area contributed by atoms with Crippen molar-refractivity contribution in [3.63, 3.8) is 0 Å². The van der Waals surface area contributed by atoms with Crippen LogP contribution in [0.1, 0.15) is 20.3 Å². The highest BCUT2D eigenvalue weighted by Gasteiger charge is 2.51. The Morgan fingerprint density at radius 2 is 2.21 bits per heavy atom. The summed E-state index contributed by atoms with van der Waals surface area (Å²) in [5.74, 6) is -1.34. The highest BCUT2D eigenvalue weighted by atomic mass is 16.6. The molecule has 2 N–H and O–H groups in total. The SMILES string of the molecule is CCOC(=O)C1(CC)Nc2c(O)cccc2OC1=O. The van der Waals surface area contributed by atoms with E-state index in [-0.39, 0.29) is 30.2 Å². The molecule has 1 atom stereocenters. The summed E-state index contributed by atoms with van der Waals surface area (Å²) in [5.41, 5.74) is -1.39. The van der Waals surface area contributed by atoms with Crippen molar-refractivity contribution in [2.24, 2.45) is 0 Å². The lowest BCUT2D eigenvalue weighted by atomic mass is 9.94. The van der Waals surface area contributed by atoms with Gasteiger partial charge in [0, 0.05) is 0 Å². The fourth-order valence-electron chi connectivity index (χ4n) is 1.95. The summed E-state index contributed by atoms with van der Waals surface area (Å²) in [4.78, 5) is 24.1. The molecule has 1 aromatic carbocycles. The number of carbonyl (C=O) groups excluding carboxylic acids is 2. The number of ether oxygens (including phenoxy) is 2. The highest BCUT2D eigenvalue weighted by molar-refractivity contribution is 6.10. The van der Waals surface area contributed by atoms with Gasteiger partial charge in [0.2, 0.25) is 5.54 Å². The van der Waals surface area contributed by atoms with E-state index in [1.54, 1.807) is 19.9 Å². The van der Waals surface area contributed by atoms with Gasteiger partial charge in [0.1, 0.15) is 11.4 Å². The van der Waals surface area contributed by atoms with Crippen molar-refractivity contribution < 1.29 is 24.2 Å². The zero-order valence-corrected chi connectivity index (χ0v) is 10.7. The van der Waals surface area contributed by atoms with Crippen molar-refractivity contribution in [3.05, 3.63) is 18.2 Å². The number of hydrogen-bond acceptors (Lipinski definition) is 6. The van der Waals surface area contributed by atoms with Gasteiger partial charge in [-0.15, -0.1) is 0 Å². The number of para-hydroxylation sites is 1. The molecule has 0 aromatic heterocycles. The average Bonchev–Trinajstić information content (AvgIpc) is 2.39. The van der Waals surface area contributed by atoms with E-state index in [1.165, 1.54) is 12.1 Å². The predicted octanol–water partition coefficient (Wildman–Crippen LogP) is 1.43. The Morgan fingerprint density at radius 1 is 1.47 bits per heavy atom. The summed E-state index contributed by atoms with van der Waals surface area (Å²) in [5, 5.41) is 12.5. The first-order valence-electron chi connectivity index (χ1n) is 6.04. The fourth-order valence-corrected chi connectivity index (χ4v) is 1.95. The summed E-state index contributed by atoms with van der Waals surface area (Å²) < 4.78 is 10.0. The molecule has 0 aliphatic carbocycles. The summed E-state index contributed by atoms with van der Waals surface area (Å²) in [7, 11) is 0. The molecule has 1 aliphatic heterocycles. The number of anilines is 1. The second kappa shape index (κ2) is 4.79. The number of rotatable bonds is 3. The van der Waals surface area contributed by atoms with Gasteiger partial charge in [-0.3, -0.25) is 0 Å². The lowest BCUT2D eigenvalue weighted by molar-refractivity contribution is -0.158. The van der Waals surface area contributed by atoms with Crippen LogP contribution in [0.15, 0.2) is 18.2 Å². The van der Waals surface area contributed by atoms with Gasteiger partial charge in [-0.25, -0.2) is 9.59 Å². The van der Waals surface area contributed by atoms with Crippen LogP contribution < -0.4 is 10.1 Å². The molecule has 1 aromatic rings. The van der Waals surface area contributed by atoms with E-state index in [2.05, 4.69) is 5.32 Å². The Balaban J connectivity index is 2.46. The van der Waals surface area contributed by atoms with Gasteiger partial charge in [0.15, 0.2) is 5.75 Å². The van der Waals surface area contributed by atoms with Crippen LogP contribution in [0, 0.1) is 0 Å². The van der Waals surface area contributed by atoms with Crippen molar-refractivity contribution in [1.82, 2.24) is 0 Å². The van der Waals surface area contributed by atoms with Gasteiger partial charge >= 0.3 is 11.9 Å². The van der Waals surface area contributed by atoms with E-state index in [0.717, 1.165) is 0 Å². The minimum atomic E-state index is -1.61. The number of carbonyl (C=O) groups is 2. The van der Waals surface area contributed by atoms with Crippen LogP contribution in [0.2, 0.25) is 0 Å². The molecule has 2 rings (SSSR count). The molecule has 1 unspecified atom stereocenters. The molecule has 0 amide bonds. The predicted molar refractivity (Wildman–Crippen MR) is 67.0 cm³/mol. The zero-order chi connectivity index (χ0) is 14.0. The maximum Gasteiger partial charge on any atom is 0.349 e. The molecule has 1 aliphatic rings. The van der Waals surface area contributed by atoms with E-state index < -0.39 is 17.5 Å². The van der Waals surface area contributed by atoms with E-state index in [9.17, 15) is 14.7 Å². The van der Waals surface area contributed by atoms with Gasteiger partial charge in [-0.2, -0.15) is 0 Å². The maximum atomic E-state index is 12.1. The summed E-state index contributed by atoms with van der Waals surface area (Å²) >= 11 is 0. The number of aromatic hydroxyl groups is 1. The molecule has 6 heteroatoms. The van der Waals surface area contributed by atoms with Gasteiger partial charge in [0.05, 0.1) is 6.61 Å². The molecule has 0 radical (unpaired) electrons. The summed E-state index contributed by atoms with van der Waals surface area (Å²) in [6.07, 6.45) is 0.151. The third-order valence-corrected chi connectivity index (χ3v) is 3.05. The normalized spacial score (nSPS) is 21.1. The van der Waals surface area contributed by atoms with Crippen molar-refractivity contribution in [1.29, 1.82) is 0 Å². The molecule has 0 saturated carbocycles. The molecule has 102 valence electrons. The van der Waals surface area contributed by atoms with Gasteiger partial charge in [0.25, 0.3) is 0 Å². The van der Waals surface area contributed by atoms with Gasteiger partial charge in [-0.05, 0) is 25.5 Å². The van der Waals surface area contributed by atoms with E-state index in [4.69, 9.17) is 9.47 Å². The van der Waals surface area contributed by atoms with E-state index in [0.29, 0.717) is 0 Å². The molecular formula is C13H15NO5. The van der Waals surface area contributed by atoms with Crippen LogP contribution >= 0.6 is 0 Å².